The van der Waals surface area contributed by atoms with Crippen molar-refractivity contribution in [1.29, 1.82) is 0 Å². The molecule has 5 rings (SSSR count). The van der Waals surface area contributed by atoms with E-state index in [1.807, 2.05) is 0 Å². The van der Waals surface area contributed by atoms with Crippen molar-refractivity contribution in [3.05, 3.63) is 12.2 Å². The Morgan fingerprint density at radius 2 is 1.51 bits per heavy atom. The van der Waals surface area contributed by atoms with Gasteiger partial charge in [-0.05, 0) is 146 Å². The summed E-state index contributed by atoms with van der Waals surface area (Å²) in [5.41, 5.74) is 2.78. The van der Waals surface area contributed by atoms with Crippen molar-refractivity contribution in [2.75, 3.05) is 13.2 Å². The van der Waals surface area contributed by atoms with Gasteiger partial charge in [0.2, 0.25) is 0 Å². The van der Waals surface area contributed by atoms with Crippen molar-refractivity contribution >= 4 is 14.3 Å². The maximum absolute atomic E-state index is 12.0. The lowest BCUT2D eigenvalue weighted by atomic mass is 9.32. The van der Waals surface area contributed by atoms with Crippen molar-refractivity contribution in [1.82, 2.24) is 0 Å². The number of rotatable bonds is 6. The van der Waals surface area contributed by atoms with E-state index in [1.165, 1.54) is 69.8 Å². The van der Waals surface area contributed by atoms with Crippen LogP contribution in [0.3, 0.4) is 0 Å². The van der Waals surface area contributed by atoms with Gasteiger partial charge in [0.15, 0.2) is 8.32 Å². The van der Waals surface area contributed by atoms with E-state index in [9.17, 15) is 4.79 Å². The summed E-state index contributed by atoms with van der Waals surface area (Å²) in [6.45, 7) is 35.4. The lowest BCUT2D eigenvalue weighted by molar-refractivity contribution is -0.249. The fraction of sp³-hybridized carbons (Fsp3) is 0.923. The summed E-state index contributed by atoms with van der Waals surface area (Å²) in [5.74, 6) is 3.95. The van der Waals surface area contributed by atoms with E-state index >= 15 is 0 Å². The van der Waals surface area contributed by atoms with Gasteiger partial charge in [-0.15, -0.1) is 0 Å². The van der Waals surface area contributed by atoms with Gasteiger partial charge in [0.1, 0.15) is 0 Å². The van der Waals surface area contributed by atoms with E-state index < -0.39 is 8.32 Å². The van der Waals surface area contributed by atoms with Gasteiger partial charge in [0.25, 0.3) is 0 Å². The predicted molar refractivity (Wildman–Crippen MR) is 182 cm³/mol. The van der Waals surface area contributed by atoms with Crippen LogP contribution >= 0.6 is 0 Å². The minimum Gasteiger partial charge on any atom is -0.465 e. The smallest absolute Gasteiger partial charge is 0.302 e. The molecule has 0 aromatic heterocycles. The van der Waals surface area contributed by atoms with E-state index in [1.54, 1.807) is 6.92 Å². The van der Waals surface area contributed by atoms with Gasteiger partial charge < -0.3 is 9.16 Å². The third kappa shape index (κ3) is 4.91. The summed E-state index contributed by atoms with van der Waals surface area (Å²) in [6, 6.07) is 0. The largest absolute Gasteiger partial charge is 0.465 e. The van der Waals surface area contributed by atoms with Gasteiger partial charge in [0, 0.05) is 18.9 Å². The Labute approximate surface area is 267 Å². The molecule has 0 amide bonds. The molecule has 246 valence electrons. The second kappa shape index (κ2) is 10.7. The maximum Gasteiger partial charge on any atom is 0.302 e. The summed E-state index contributed by atoms with van der Waals surface area (Å²) < 4.78 is 13.0. The first-order valence-corrected chi connectivity index (χ1v) is 21.0. The van der Waals surface area contributed by atoms with Crippen LogP contribution in [0.1, 0.15) is 133 Å². The molecule has 0 aromatic carbocycles. The highest BCUT2D eigenvalue weighted by molar-refractivity contribution is 6.74. The van der Waals surface area contributed by atoms with Crippen LogP contribution in [-0.2, 0) is 14.0 Å². The normalized spacial score (nSPS) is 48.0. The van der Waals surface area contributed by atoms with E-state index in [0.717, 1.165) is 18.4 Å². The fourth-order valence-corrected chi connectivity index (χ4v) is 13.7. The molecule has 5 saturated carbocycles. The zero-order valence-corrected chi connectivity index (χ0v) is 31.4. The molecule has 5 fully saturated rings. The summed E-state index contributed by atoms with van der Waals surface area (Å²) in [6.07, 6.45) is 13.0. The SMILES string of the molecule is C=C(C)[C@@H]1CC[C@]2(COC(C)=O)CC[C@]3(C)C(CCC4[C@@]5(C)CC[C@H](C)[C@@](C)(CO[Si](C)(C)C(C)(C)C)C5CC[C@]43C)C12. The van der Waals surface area contributed by atoms with Crippen molar-refractivity contribution in [2.24, 2.45) is 62.6 Å². The summed E-state index contributed by atoms with van der Waals surface area (Å²) in [7, 11) is -1.82. The average molecular weight is 613 g/mol. The van der Waals surface area contributed by atoms with Crippen molar-refractivity contribution in [3.8, 4) is 0 Å². The molecule has 43 heavy (non-hydrogen) atoms. The Kier molecular flexibility index (Phi) is 8.41. The van der Waals surface area contributed by atoms with Crippen LogP contribution in [0.4, 0.5) is 0 Å². The Bertz CT molecular complexity index is 1110. The molecular weight excluding hydrogens is 545 g/mol. The molecule has 11 atom stereocenters. The highest BCUT2D eigenvalue weighted by Gasteiger charge is 2.71. The topological polar surface area (TPSA) is 35.5 Å². The highest BCUT2D eigenvalue weighted by Crippen LogP contribution is 2.78. The molecular formula is C39H68O3Si. The van der Waals surface area contributed by atoms with E-state index in [2.05, 4.69) is 82.0 Å². The van der Waals surface area contributed by atoms with Crippen LogP contribution in [0.15, 0.2) is 12.2 Å². The Balaban J connectivity index is 1.47. The minimum absolute atomic E-state index is 0.116. The summed E-state index contributed by atoms with van der Waals surface area (Å²) in [4.78, 5) is 12.0. The number of fused-ring (bicyclic) bond motifs is 7. The number of hydrogen-bond acceptors (Lipinski definition) is 3. The predicted octanol–water partition coefficient (Wildman–Crippen LogP) is 10.8. The van der Waals surface area contributed by atoms with Gasteiger partial charge in [-0.3, -0.25) is 4.79 Å². The molecule has 0 aromatic rings. The molecule has 4 heteroatoms. The first kappa shape index (κ1) is 33.7. The number of esters is 1. The van der Waals surface area contributed by atoms with Gasteiger partial charge in [-0.2, -0.15) is 0 Å². The van der Waals surface area contributed by atoms with Crippen molar-refractivity contribution in [2.45, 2.75) is 152 Å². The van der Waals surface area contributed by atoms with Gasteiger partial charge in [-0.1, -0.05) is 67.5 Å². The maximum atomic E-state index is 12.0. The molecule has 5 aliphatic rings. The van der Waals surface area contributed by atoms with Crippen molar-refractivity contribution < 1.29 is 14.0 Å². The molecule has 0 spiro atoms. The van der Waals surface area contributed by atoms with Gasteiger partial charge in [-0.25, -0.2) is 0 Å². The van der Waals surface area contributed by atoms with Gasteiger partial charge >= 0.3 is 5.97 Å². The molecule has 4 unspecified atom stereocenters. The molecule has 0 radical (unpaired) electrons. The number of allylic oxidation sites excluding steroid dienone is 1. The quantitative estimate of drug-likeness (QED) is 0.170. The second-order valence-corrected chi connectivity index (χ2v) is 24.1. The minimum atomic E-state index is -1.82. The van der Waals surface area contributed by atoms with Crippen LogP contribution in [0.25, 0.3) is 0 Å². The molecule has 0 heterocycles. The average Bonchev–Trinajstić information content (AvgIpc) is 3.29. The van der Waals surface area contributed by atoms with Crippen LogP contribution in [0.2, 0.25) is 18.1 Å². The fourth-order valence-electron chi connectivity index (χ4n) is 12.6. The molecule has 0 N–H and O–H groups in total. The molecule has 0 saturated heterocycles. The van der Waals surface area contributed by atoms with Crippen LogP contribution in [-0.4, -0.2) is 27.5 Å². The number of carbonyl (C=O) groups is 1. The number of hydrogen-bond donors (Lipinski definition) is 0. The van der Waals surface area contributed by atoms with E-state index in [-0.39, 0.29) is 21.8 Å². The van der Waals surface area contributed by atoms with Crippen molar-refractivity contribution in [3.63, 3.8) is 0 Å². The van der Waals surface area contributed by atoms with E-state index in [4.69, 9.17) is 9.16 Å². The second-order valence-electron chi connectivity index (χ2n) is 19.3. The van der Waals surface area contributed by atoms with Crippen LogP contribution in [0, 0.1) is 62.6 Å². The first-order valence-electron chi connectivity index (χ1n) is 18.1. The van der Waals surface area contributed by atoms with Crippen LogP contribution < -0.4 is 0 Å². The lowest BCUT2D eigenvalue weighted by Crippen LogP contribution is -2.67. The standard InChI is InChI=1S/C39H68O3Si/c1-26(2)29-17-21-39(25-41-28(4)40)23-22-37(10)30(33(29)39)14-15-32-35(8)19-16-27(3)36(9,31(35)18-20-38(32,37)11)24-42-43(12,13)34(5,6)7/h27,29-33H,1,14-25H2,2-13H3/t27-,29-,30?,31?,32?,33?,35-,36+,37+,38+,39+/m0/s1. The molecule has 0 bridgehead atoms. The summed E-state index contributed by atoms with van der Waals surface area (Å²) >= 11 is 0. The van der Waals surface area contributed by atoms with Gasteiger partial charge in [0.05, 0.1) is 6.61 Å². The van der Waals surface area contributed by atoms with E-state index in [0.29, 0.717) is 46.5 Å². The van der Waals surface area contributed by atoms with Crippen LogP contribution in [0.5, 0.6) is 0 Å². The Morgan fingerprint density at radius 1 is 0.837 bits per heavy atom. The third-order valence-electron chi connectivity index (χ3n) is 16.7. The molecule has 3 nitrogen and oxygen atoms in total. The number of ether oxygens (including phenoxy) is 1. The zero-order valence-electron chi connectivity index (χ0n) is 30.4. The highest BCUT2D eigenvalue weighted by atomic mass is 28.4. The molecule has 5 aliphatic carbocycles. The molecule has 0 aliphatic heterocycles. The monoisotopic (exact) mass is 612 g/mol. The first-order chi connectivity index (χ1) is 19.7. The number of carbonyl (C=O) groups excluding carboxylic acids is 1. The lowest BCUT2D eigenvalue weighted by Gasteiger charge is -2.73. The summed E-state index contributed by atoms with van der Waals surface area (Å²) in [5, 5.41) is 0.246. The Hall–Kier alpha value is -0.613. The Morgan fingerprint density at radius 3 is 2.12 bits per heavy atom. The zero-order chi connectivity index (χ0) is 32.0. The third-order valence-corrected chi connectivity index (χ3v) is 21.1.